The van der Waals surface area contributed by atoms with Crippen molar-refractivity contribution in [3.63, 3.8) is 0 Å². The Hall–Kier alpha value is -2.03. The molecule has 1 aromatic heterocycles. The van der Waals surface area contributed by atoms with Crippen LogP contribution < -0.4 is 5.32 Å². The number of hydrogen-bond donors (Lipinski definition) is 1. The van der Waals surface area contributed by atoms with Crippen molar-refractivity contribution in [1.82, 2.24) is 4.98 Å². The molecule has 1 amide bonds. The van der Waals surface area contributed by atoms with Crippen molar-refractivity contribution in [1.29, 1.82) is 0 Å². The Balaban J connectivity index is 2.13. The predicted octanol–water partition coefficient (Wildman–Crippen LogP) is 4.32. The first-order valence-corrected chi connectivity index (χ1v) is 6.91. The van der Waals surface area contributed by atoms with Crippen LogP contribution in [0.4, 0.5) is 27.6 Å². The van der Waals surface area contributed by atoms with Gasteiger partial charge < -0.3 is 5.32 Å². The van der Waals surface area contributed by atoms with Crippen LogP contribution in [0.3, 0.4) is 0 Å². The highest BCUT2D eigenvalue weighted by Gasteiger charge is 2.31. The monoisotopic (exact) mass is 394 g/mol. The first-order valence-electron chi connectivity index (χ1n) is 6.12. The van der Waals surface area contributed by atoms with Gasteiger partial charge in [0.05, 0.1) is 28.3 Å². The summed E-state index contributed by atoms with van der Waals surface area (Å²) in [4.78, 5) is 15.1. The van der Waals surface area contributed by atoms with E-state index >= 15 is 0 Å². The molecule has 3 nitrogen and oxygen atoms in total. The van der Waals surface area contributed by atoms with Gasteiger partial charge in [-0.3, -0.25) is 9.78 Å². The lowest BCUT2D eigenvalue weighted by molar-refractivity contribution is -0.137. The lowest BCUT2D eigenvalue weighted by Crippen LogP contribution is -2.16. The average molecular weight is 395 g/mol. The zero-order chi connectivity index (χ0) is 17.2. The molecule has 2 rings (SSSR count). The number of benzene rings is 1. The minimum absolute atomic E-state index is 0.0961. The average Bonchev–Trinajstić information content (AvgIpc) is 2.44. The molecule has 0 saturated heterocycles. The number of hydrogen-bond acceptors (Lipinski definition) is 2. The molecule has 9 heteroatoms. The second-order valence-corrected chi connectivity index (χ2v) is 5.40. The summed E-state index contributed by atoms with van der Waals surface area (Å²) in [7, 11) is 0. The van der Waals surface area contributed by atoms with Gasteiger partial charge in [0.15, 0.2) is 0 Å². The number of nitrogens with zero attached hydrogens (tertiary/aromatic N) is 1. The van der Waals surface area contributed by atoms with Gasteiger partial charge in [-0.1, -0.05) is 0 Å². The number of carbonyl (C=O) groups is 1. The Bertz CT molecular complexity index is 748. The third-order valence-electron chi connectivity index (χ3n) is 2.79. The fraction of sp³-hybridized carbons (Fsp3) is 0.143. The van der Waals surface area contributed by atoms with Gasteiger partial charge in [0.1, 0.15) is 11.6 Å². The van der Waals surface area contributed by atoms with Crippen LogP contribution in [0.15, 0.2) is 35.1 Å². The number of aromatic nitrogens is 1. The number of carbonyl (C=O) groups excluding carboxylic acids is 1. The largest absolute Gasteiger partial charge is 0.417 e. The van der Waals surface area contributed by atoms with Crippen molar-refractivity contribution in [3.8, 4) is 0 Å². The first kappa shape index (κ1) is 17.3. The molecule has 1 N–H and O–H groups in total. The van der Waals surface area contributed by atoms with Gasteiger partial charge >= 0.3 is 6.18 Å². The first-order chi connectivity index (χ1) is 10.7. The van der Waals surface area contributed by atoms with Crippen LogP contribution in [0, 0.1) is 11.6 Å². The molecule has 0 aliphatic heterocycles. The Morgan fingerprint density at radius 3 is 2.48 bits per heavy atom. The quantitative estimate of drug-likeness (QED) is 0.622. The Labute approximate surface area is 135 Å². The Morgan fingerprint density at radius 2 is 1.83 bits per heavy atom. The van der Waals surface area contributed by atoms with Crippen molar-refractivity contribution in [2.75, 3.05) is 5.32 Å². The lowest BCUT2D eigenvalue weighted by Gasteiger charge is -2.10. The molecule has 0 bridgehead atoms. The van der Waals surface area contributed by atoms with Gasteiger partial charge in [-0.25, -0.2) is 8.78 Å². The predicted molar refractivity (Wildman–Crippen MR) is 75.6 cm³/mol. The highest BCUT2D eigenvalue weighted by molar-refractivity contribution is 9.10. The summed E-state index contributed by atoms with van der Waals surface area (Å²) >= 11 is 2.80. The van der Waals surface area contributed by atoms with Crippen LogP contribution in [0.25, 0.3) is 0 Å². The van der Waals surface area contributed by atoms with E-state index in [1.54, 1.807) is 0 Å². The topological polar surface area (TPSA) is 42.0 Å². The molecule has 1 heterocycles. The zero-order valence-electron chi connectivity index (χ0n) is 11.2. The molecular weight excluding hydrogens is 387 g/mol. The van der Waals surface area contributed by atoms with Gasteiger partial charge in [-0.2, -0.15) is 13.2 Å². The molecule has 0 spiro atoms. The van der Waals surface area contributed by atoms with Crippen LogP contribution in [0.5, 0.6) is 0 Å². The highest BCUT2D eigenvalue weighted by Crippen LogP contribution is 2.30. The normalized spacial score (nSPS) is 11.4. The van der Waals surface area contributed by atoms with E-state index in [1.165, 1.54) is 0 Å². The van der Waals surface area contributed by atoms with E-state index < -0.39 is 35.7 Å². The third-order valence-corrected chi connectivity index (χ3v) is 3.40. The summed E-state index contributed by atoms with van der Waals surface area (Å²) in [6, 6.07) is 2.40. The minimum Gasteiger partial charge on any atom is -0.324 e. The van der Waals surface area contributed by atoms with Crippen LogP contribution in [-0.4, -0.2) is 10.9 Å². The molecule has 23 heavy (non-hydrogen) atoms. The number of pyridine rings is 1. The van der Waals surface area contributed by atoms with Crippen molar-refractivity contribution in [3.05, 3.63) is 57.8 Å². The van der Waals surface area contributed by atoms with E-state index in [1.807, 2.05) is 0 Å². The maximum absolute atomic E-state index is 13.6. The van der Waals surface area contributed by atoms with Crippen LogP contribution in [0.2, 0.25) is 0 Å². The second kappa shape index (κ2) is 6.61. The maximum atomic E-state index is 13.6. The standard InChI is InChI=1S/C14H8BrF5N2O/c15-10-4-11(16)7(1-12(10)17)2-13(23)22-9-3-8(5-21-6-9)14(18,19)20/h1,3-6H,2H2,(H,22,23). The number of alkyl halides is 3. The number of anilines is 1. The molecule has 0 aliphatic carbocycles. The number of amides is 1. The SMILES string of the molecule is O=C(Cc1cc(F)c(Br)cc1F)Nc1cncc(C(F)(F)F)c1. The van der Waals surface area contributed by atoms with E-state index in [4.69, 9.17) is 0 Å². The van der Waals surface area contributed by atoms with Gasteiger partial charge in [0.2, 0.25) is 5.91 Å². The summed E-state index contributed by atoms with van der Waals surface area (Å²) in [6.45, 7) is 0. The van der Waals surface area contributed by atoms with Crippen molar-refractivity contribution < 1.29 is 26.7 Å². The summed E-state index contributed by atoms with van der Waals surface area (Å²) in [5, 5.41) is 2.16. The van der Waals surface area contributed by atoms with E-state index in [0.717, 1.165) is 18.3 Å². The van der Waals surface area contributed by atoms with Crippen molar-refractivity contribution >= 4 is 27.5 Å². The van der Waals surface area contributed by atoms with Crippen LogP contribution in [-0.2, 0) is 17.4 Å². The molecule has 0 unspecified atom stereocenters. The maximum Gasteiger partial charge on any atom is 0.417 e. The Morgan fingerprint density at radius 1 is 1.13 bits per heavy atom. The molecule has 0 fully saturated rings. The second-order valence-electron chi connectivity index (χ2n) is 4.54. The molecule has 0 saturated carbocycles. The van der Waals surface area contributed by atoms with E-state index in [2.05, 4.69) is 26.2 Å². The van der Waals surface area contributed by atoms with Gasteiger partial charge in [-0.05, 0) is 34.1 Å². The van der Waals surface area contributed by atoms with Crippen LogP contribution >= 0.6 is 15.9 Å². The summed E-state index contributed by atoms with van der Waals surface area (Å²) in [5.74, 6) is -2.36. The van der Waals surface area contributed by atoms with Gasteiger partial charge in [-0.15, -0.1) is 0 Å². The number of nitrogens with one attached hydrogen (secondary N) is 1. The molecule has 0 atom stereocenters. The molecule has 0 radical (unpaired) electrons. The van der Waals surface area contributed by atoms with Gasteiger partial charge in [0, 0.05) is 11.8 Å². The summed E-state index contributed by atoms with van der Waals surface area (Å²) in [6.07, 6.45) is -3.51. The molecule has 1 aromatic carbocycles. The highest BCUT2D eigenvalue weighted by atomic mass is 79.9. The van der Waals surface area contributed by atoms with Crippen molar-refractivity contribution in [2.45, 2.75) is 12.6 Å². The molecule has 0 aliphatic rings. The minimum atomic E-state index is -4.60. The Kier molecular flexibility index (Phi) is 4.98. The molecular formula is C14H8BrF5N2O. The van der Waals surface area contributed by atoms with Crippen molar-refractivity contribution in [2.24, 2.45) is 0 Å². The molecule has 122 valence electrons. The number of halogens is 6. The summed E-state index contributed by atoms with van der Waals surface area (Å²) < 4.78 is 64.5. The zero-order valence-corrected chi connectivity index (χ0v) is 12.8. The van der Waals surface area contributed by atoms with E-state index in [9.17, 15) is 26.7 Å². The third kappa shape index (κ3) is 4.47. The van der Waals surface area contributed by atoms with E-state index in [-0.39, 0.29) is 15.7 Å². The lowest BCUT2D eigenvalue weighted by atomic mass is 10.1. The smallest absolute Gasteiger partial charge is 0.324 e. The fourth-order valence-corrected chi connectivity index (χ4v) is 2.06. The molecule has 2 aromatic rings. The number of rotatable bonds is 3. The summed E-state index contributed by atoms with van der Waals surface area (Å²) in [5.41, 5.74) is -1.44. The fourth-order valence-electron chi connectivity index (χ4n) is 1.74. The van der Waals surface area contributed by atoms with E-state index in [0.29, 0.717) is 12.3 Å². The van der Waals surface area contributed by atoms with Crippen LogP contribution in [0.1, 0.15) is 11.1 Å². The van der Waals surface area contributed by atoms with Gasteiger partial charge in [0.25, 0.3) is 0 Å².